The third-order valence-electron chi connectivity index (χ3n) is 3.50. The monoisotopic (exact) mass is 325 g/mol. The molecule has 1 aliphatic rings. The summed E-state index contributed by atoms with van der Waals surface area (Å²) in [6.07, 6.45) is 0.203. The molecule has 1 unspecified atom stereocenters. The van der Waals surface area contributed by atoms with E-state index in [1.54, 1.807) is 7.05 Å². The van der Waals surface area contributed by atoms with Gasteiger partial charge in [-0.3, -0.25) is 9.59 Å². The van der Waals surface area contributed by atoms with Crippen molar-refractivity contribution in [2.24, 2.45) is 5.92 Å². The highest BCUT2D eigenvalue weighted by Crippen LogP contribution is 2.31. The summed E-state index contributed by atoms with van der Waals surface area (Å²) < 4.78 is 4.71. The van der Waals surface area contributed by atoms with E-state index in [-0.39, 0.29) is 35.8 Å². The minimum absolute atomic E-state index is 0.0441. The number of rotatable bonds is 4. The first kappa shape index (κ1) is 16.4. The van der Waals surface area contributed by atoms with Crippen molar-refractivity contribution in [2.75, 3.05) is 26.0 Å². The van der Waals surface area contributed by atoms with E-state index in [0.717, 1.165) is 4.88 Å². The molecule has 0 aliphatic carbocycles. The van der Waals surface area contributed by atoms with E-state index in [0.29, 0.717) is 11.7 Å². The number of nitrogens with zero attached hydrogens (tertiary/aromatic N) is 2. The fourth-order valence-electron chi connectivity index (χ4n) is 2.27. The second-order valence-corrected chi connectivity index (χ2v) is 6.57. The summed E-state index contributed by atoms with van der Waals surface area (Å²) in [5.41, 5.74) is 0.234. The quantitative estimate of drug-likeness (QED) is 0.847. The van der Waals surface area contributed by atoms with Gasteiger partial charge in [-0.1, -0.05) is 13.8 Å². The van der Waals surface area contributed by atoms with Crippen molar-refractivity contribution in [3.8, 4) is 0 Å². The van der Waals surface area contributed by atoms with E-state index in [1.165, 1.54) is 23.3 Å². The van der Waals surface area contributed by atoms with E-state index < -0.39 is 5.97 Å². The number of aromatic nitrogens is 1. The third-order valence-corrected chi connectivity index (χ3v) is 4.77. The first-order valence-electron chi connectivity index (χ1n) is 6.97. The zero-order chi connectivity index (χ0) is 16.4. The van der Waals surface area contributed by atoms with E-state index in [4.69, 9.17) is 4.74 Å². The maximum atomic E-state index is 12.2. The number of methoxy groups -OCH3 is 1. The molecular formula is C14H19N3O4S. The Kier molecular flexibility index (Phi) is 4.80. The number of carbonyl (C=O) groups is 3. The molecule has 0 bridgehead atoms. The number of hydrogen-bond donors (Lipinski definition) is 1. The highest BCUT2D eigenvalue weighted by atomic mass is 32.1. The molecule has 2 amide bonds. The SMILES string of the molecule is COC(=O)c1nc(NC(=O)C2CC(=O)N(C)C2)sc1C(C)C. The van der Waals surface area contributed by atoms with Crippen LogP contribution in [0.3, 0.4) is 0 Å². The number of amides is 2. The first-order chi connectivity index (χ1) is 10.3. The molecule has 2 rings (SSSR count). The maximum Gasteiger partial charge on any atom is 0.357 e. The number of hydrogen-bond acceptors (Lipinski definition) is 6. The number of esters is 1. The number of likely N-dealkylation sites (tertiary alicyclic amines) is 1. The molecule has 0 aromatic carbocycles. The summed E-state index contributed by atoms with van der Waals surface area (Å²) in [6.45, 7) is 4.28. The van der Waals surface area contributed by atoms with Gasteiger partial charge < -0.3 is 15.0 Å². The molecule has 1 saturated heterocycles. The van der Waals surface area contributed by atoms with Gasteiger partial charge in [-0.15, -0.1) is 11.3 Å². The molecule has 2 heterocycles. The Bertz CT molecular complexity index is 611. The Morgan fingerprint density at radius 2 is 2.14 bits per heavy atom. The second-order valence-electron chi connectivity index (χ2n) is 5.54. The van der Waals surface area contributed by atoms with E-state index >= 15 is 0 Å². The second kappa shape index (κ2) is 6.43. The van der Waals surface area contributed by atoms with Gasteiger partial charge >= 0.3 is 5.97 Å². The fraction of sp³-hybridized carbons (Fsp3) is 0.571. The molecular weight excluding hydrogens is 306 g/mol. The van der Waals surface area contributed by atoms with Gasteiger partial charge in [0.05, 0.1) is 13.0 Å². The lowest BCUT2D eigenvalue weighted by atomic mass is 10.1. The Labute approximate surface area is 132 Å². The van der Waals surface area contributed by atoms with Crippen molar-refractivity contribution >= 4 is 34.3 Å². The molecule has 1 aromatic heterocycles. The zero-order valence-corrected chi connectivity index (χ0v) is 13.8. The van der Waals surface area contributed by atoms with E-state index in [1.807, 2.05) is 13.8 Å². The summed E-state index contributed by atoms with van der Waals surface area (Å²) in [5, 5.41) is 3.06. The van der Waals surface area contributed by atoms with Gasteiger partial charge in [0.15, 0.2) is 10.8 Å². The van der Waals surface area contributed by atoms with Crippen LogP contribution in [-0.4, -0.2) is 48.4 Å². The average Bonchev–Trinajstić information content (AvgIpc) is 3.02. The van der Waals surface area contributed by atoms with Crippen molar-refractivity contribution in [3.63, 3.8) is 0 Å². The van der Waals surface area contributed by atoms with Crippen LogP contribution in [-0.2, 0) is 14.3 Å². The van der Waals surface area contributed by atoms with Gasteiger partial charge in [0.25, 0.3) is 0 Å². The molecule has 1 fully saturated rings. The summed E-state index contributed by atoms with van der Waals surface area (Å²) in [4.78, 5) is 41.9. The minimum Gasteiger partial charge on any atom is -0.464 e. The molecule has 1 atom stereocenters. The van der Waals surface area contributed by atoms with Crippen LogP contribution in [0.4, 0.5) is 5.13 Å². The van der Waals surface area contributed by atoms with Crippen molar-refractivity contribution in [1.82, 2.24) is 9.88 Å². The Hall–Kier alpha value is -1.96. The third kappa shape index (κ3) is 3.27. The van der Waals surface area contributed by atoms with Crippen LogP contribution in [0, 0.1) is 5.92 Å². The lowest BCUT2D eigenvalue weighted by molar-refractivity contribution is -0.127. The number of nitrogens with one attached hydrogen (secondary N) is 1. The Morgan fingerprint density at radius 1 is 1.45 bits per heavy atom. The standard InChI is InChI=1S/C14H19N3O4S/c1-7(2)11-10(13(20)21-4)15-14(22-11)16-12(19)8-5-9(18)17(3)6-8/h7-8H,5-6H2,1-4H3,(H,15,16,19). The van der Waals surface area contributed by atoms with Crippen LogP contribution in [0.25, 0.3) is 0 Å². The number of carbonyl (C=O) groups excluding carboxylic acids is 3. The van der Waals surface area contributed by atoms with Crippen molar-refractivity contribution < 1.29 is 19.1 Å². The summed E-state index contributed by atoms with van der Waals surface area (Å²) >= 11 is 1.26. The molecule has 0 radical (unpaired) electrons. The van der Waals surface area contributed by atoms with Crippen LogP contribution >= 0.6 is 11.3 Å². The normalized spacial score (nSPS) is 18.0. The topological polar surface area (TPSA) is 88.6 Å². The van der Waals surface area contributed by atoms with Crippen molar-refractivity contribution in [1.29, 1.82) is 0 Å². The molecule has 1 aromatic rings. The summed E-state index contributed by atoms with van der Waals surface area (Å²) in [6, 6.07) is 0. The van der Waals surface area contributed by atoms with Gasteiger partial charge in [0.2, 0.25) is 11.8 Å². The van der Waals surface area contributed by atoms with Gasteiger partial charge in [-0.05, 0) is 5.92 Å². The van der Waals surface area contributed by atoms with Crippen LogP contribution in [0.5, 0.6) is 0 Å². The van der Waals surface area contributed by atoms with Crippen LogP contribution in [0.15, 0.2) is 0 Å². The molecule has 7 nitrogen and oxygen atoms in total. The first-order valence-corrected chi connectivity index (χ1v) is 7.79. The van der Waals surface area contributed by atoms with Gasteiger partial charge in [-0.25, -0.2) is 9.78 Å². The summed E-state index contributed by atoms with van der Waals surface area (Å²) in [5.74, 6) is -1.10. The van der Waals surface area contributed by atoms with Crippen molar-refractivity contribution in [3.05, 3.63) is 10.6 Å². The summed E-state index contributed by atoms with van der Waals surface area (Å²) in [7, 11) is 2.97. The largest absolute Gasteiger partial charge is 0.464 e. The van der Waals surface area contributed by atoms with Crippen LogP contribution < -0.4 is 5.32 Å². The lowest BCUT2D eigenvalue weighted by Gasteiger charge is -2.09. The zero-order valence-electron chi connectivity index (χ0n) is 13.0. The molecule has 1 N–H and O–H groups in total. The molecule has 120 valence electrons. The lowest BCUT2D eigenvalue weighted by Crippen LogP contribution is -2.25. The van der Waals surface area contributed by atoms with Crippen molar-refractivity contribution in [2.45, 2.75) is 26.2 Å². The highest BCUT2D eigenvalue weighted by Gasteiger charge is 2.33. The van der Waals surface area contributed by atoms with E-state index in [2.05, 4.69) is 10.3 Å². The smallest absolute Gasteiger partial charge is 0.357 e. The predicted octanol–water partition coefficient (Wildman–Crippen LogP) is 1.47. The van der Waals surface area contributed by atoms with Gasteiger partial charge in [-0.2, -0.15) is 0 Å². The molecule has 22 heavy (non-hydrogen) atoms. The molecule has 0 spiro atoms. The number of thiazole rings is 1. The van der Waals surface area contributed by atoms with Gasteiger partial charge in [0.1, 0.15) is 0 Å². The predicted molar refractivity (Wildman–Crippen MR) is 81.9 cm³/mol. The average molecular weight is 325 g/mol. The Morgan fingerprint density at radius 3 is 2.64 bits per heavy atom. The molecule has 8 heteroatoms. The number of anilines is 1. The minimum atomic E-state index is -0.517. The van der Waals surface area contributed by atoms with E-state index in [9.17, 15) is 14.4 Å². The van der Waals surface area contributed by atoms with Gasteiger partial charge in [0, 0.05) is 24.9 Å². The Balaban J connectivity index is 2.15. The highest BCUT2D eigenvalue weighted by molar-refractivity contribution is 7.16. The number of ether oxygens (including phenoxy) is 1. The molecule has 1 aliphatic heterocycles. The maximum absolute atomic E-state index is 12.2. The van der Waals surface area contributed by atoms with Crippen LogP contribution in [0.2, 0.25) is 0 Å². The fourth-order valence-corrected chi connectivity index (χ4v) is 3.22. The van der Waals surface area contributed by atoms with Crippen LogP contribution in [0.1, 0.15) is 41.6 Å². The molecule has 0 saturated carbocycles.